The molecule has 1 saturated heterocycles. The molecule has 1 aliphatic rings. The summed E-state index contributed by atoms with van der Waals surface area (Å²) in [5.41, 5.74) is 1.98. The van der Waals surface area contributed by atoms with Crippen molar-refractivity contribution in [3.8, 4) is 11.1 Å². The summed E-state index contributed by atoms with van der Waals surface area (Å²) in [5, 5.41) is 6.67. The van der Waals surface area contributed by atoms with Gasteiger partial charge in [0.05, 0.1) is 10.6 Å². The highest BCUT2D eigenvalue weighted by molar-refractivity contribution is 7.09. The number of thiazole rings is 1. The predicted molar refractivity (Wildman–Crippen MR) is 134 cm³/mol. The second kappa shape index (κ2) is 9.93. The van der Waals surface area contributed by atoms with Crippen LogP contribution in [0.1, 0.15) is 55.9 Å². The molecule has 5 rings (SSSR count). The SMILES string of the molecule is Cc1ccnn1C(=O)c1csc(C2CCN(C(=O)c3ccccc3-c3ccc(C(F)(F)F)cc3)CC2)n1. The Hall–Kier alpha value is -3.79. The standard InChI is InChI=1S/C27H23F3N4O2S/c1-17-10-13-31-34(17)26(36)23-16-37-24(32-23)19-11-14-33(15-12-19)25(35)22-5-3-2-4-21(22)18-6-8-20(9-7-18)27(28,29)30/h2-10,13,16,19H,11-12,14-15H2,1H3. The lowest BCUT2D eigenvalue weighted by Gasteiger charge is -2.31. The highest BCUT2D eigenvalue weighted by Crippen LogP contribution is 2.34. The number of amides is 1. The molecule has 0 spiro atoms. The molecule has 0 atom stereocenters. The van der Waals surface area contributed by atoms with Crippen molar-refractivity contribution < 1.29 is 22.8 Å². The molecule has 0 unspecified atom stereocenters. The summed E-state index contributed by atoms with van der Waals surface area (Å²) in [6.07, 6.45) is -1.43. The molecule has 3 heterocycles. The van der Waals surface area contributed by atoms with Crippen LogP contribution in [0.3, 0.4) is 0 Å². The fourth-order valence-electron chi connectivity index (χ4n) is 4.52. The van der Waals surface area contributed by atoms with E-state index in [1.54, 1.807) is 53.7 Å². The second-order valence-corrected chi connectivity index (χ2v) is 9.84. The Morgan fingerprint density at radius 1 is 0.973 bits per heavy atom. The number of rotatable bonds is 4. The lowest BCUT2D eigenvalue weighted by atomic mass is 9.94. The molecule has 0 N–H and O–H groups in total. The fourth-order valence-corrected chi connectivity index (χ4v) is 5.49. The summed E-state index contributed by atoms with van der Waals surface area (Å²) in [6.45, 7) is 2.85. The van der Waals surface area contributed by atoms with E-state index in [1.165, 1.54) is 28.2 Å². The Labute approximate surface area is 215 Å². The van der Waals surface area contributed by atoms with Gasteiger partial charge in [0.15, 0.2) is 0 Å². The van der Waals surface area contributed by atoms with Crippen LogP contribution in [0.5, 0.6) is 0 Å². The monoisotopic (exact) mass is 524 g/mol. The first kappa shape index (κ1) is 24.9. The summed E-state index contributed by atoms with van der Waals surface area (Å²) in [5.74, 6) is -0.282. The molecule has 2 aromatic carbocycles. The van der Waals surface area contributed by atoms with Crippen LogP contribution in [0, 0.1) is 6.92 Å². The van der Waals surface area contributed by atoms with E-state index < -0.39 is 11.7 Å². The van der Waals surface area contributed by atoms with Gasteiger partial charge < -0.3 is 4.90 Å². The zero-order valence-electron chi connectivity index (χ0n) is 19.9. The van der Waals surface area contributed by atoms with Crippen molar-refractivity contribution in [2.45, 2.75) is 31.9 Å². The van der Waals surface area contributed by atoms with Crippen molar-refractivity contribution in [3.05, 3.63) is 93.7 Å². The summed E-state index contributed by atoms with van der Waals surface area (Å²) in [4.78, 5) is 32.4. The van der Waals surface area contributed by atoms with Gasteiger partial charge in [0, 0.05) is 41.8 Å². The summed E-state index contributed by atoms with van der Waals surface area (Å²) in [6, 6.07) is 13.6. The van der Waals surface area contributed by atoms with Crippen molar-refractivity contribution in [2.24, 2.45) is 0 Å². The largest absolute Gasteiger partial charge is 0.416 e. The molecule has 2 aromatic heterocycles. The van der Waals surface area contributed by atoms with E-state index in [0.717, 1.165) is 22.8 Å². The number of aryl methyl sites for hydroxylation is 1. The number of benzene rings is 2. The van der Waals surface area contributed by atoms with E-state index in [1.807, 2.05) is 0 Å². The first-order chi connectivity index (χ1) is 17.7. The molecule has 0 aliphatic carbocycles. The van der Waals surface area contributed by atoms with E-state index >= 15 is 0 Å². The molecule has 0 saturated carbocycles. The van der Waals surface area contributed by atoms with E-state index in [0.29, 0.717) is 48.3 Å². The van der Waals surface area contributed by atoms with Crippen LogP contribution in [0.2, 0.25) is 0 Å². The zero-order chi connectivity index (χ0) is 26.2. The molecule has 190 valence electrons. The van der Waals surface area contributed by atoms with Crippen LogP contribution in [-0.2, 0) is 6.18 Å². The minimum atomic E-state index is -4.41. The van der Waals surface area contributed by atoms with Crippen LogP contribution in [0.25, 0.3) is 11.1 Å². The summed E-state index contributed by atoms with van der Waals surface area (Å²) < 4.78 is 40.2. The highest BCUT2D eigenvalue weighted by Gasteiger charge is 2.31. The van der Waals surface area contributed by atoms with Gasteiger partial charge in [-0.3, -0.25) is 9.59 Å². The number of likely N-dealkylation sites (tertiary alicyclic amines) is 1. The predicted octanol–water partition coefficient (Wildman–Crippen LogP) is 6.04. The summed E-state index contributed by atoms with van der Waals surface area (Å²) >= 11 is 1.44. The number of nitrogens with zero attached hydrogens (tertiary/aromatic N) is 4. The van der Waals surface area contributed by atoms with Crippen molar-refractivity contribution in [1.29, 1.82) is 0 Å². The van der Waals surface area contributed by atoms with Gasteiger partial charge in [0.1, 0.15) is 5.69 Å². The number of aromatic nitrogens is 3. The lowest BCUT2D eigenvalue weighted by molar-refractivity contribution is -0.137. The van der Waals surface area contributed by atoms with Gasteiger partial charge in [0.2, 0.25) is 0 Å². The smallest absolute Gasteiger partial charge is 0.339 e. The number of hydrogen-bond donors (Lipinski definition) is 0. The number of piperidine rings is 1. The van der Waals surface area contributed by atoms with Crippen molar-refractivity contribution in [1.82, 2.24) is 19.7 Å². The molecular weight excluding hydrogens is 501 g/mol. The van der Waals surface area contributed by atoms with E-state index in [-0.39, 0.29) is 17.7 Å². The van der Waals surface area contributed by atoms with Gasteiger partial charge in [-0.05, 0) is 55.2 Å². The molecule has 10 heteroatoms. The topological polar surface area (TPSA) is 68.1 Å². The van der Waals surface area contributed by atoms with Gasteiger partial charge in [-0.2, -0.15) is 23.0 Å². The van der Waals surface area contributed by atoms with E-state index in [9.17, 15) is 22.8 Å². The second-order valence-electron chi connectivity index (χ2n) is 8.95. The van der Waals surface area contributed by atoms with Gasteiger partial charge in [-0.25, -0.2) is 4.98 Å². The Bertz CT molecular complexity index is 1430. The van der Waals surface area contributed by atoms with Crippen LogP contribution < -0.4 is 0 Å². The third-order valence-corrected chi connectivity index (χ3v) is 7.58. The van der Waals surface area contributed by atoms with E-state index in [2.05, 4.69) is 10.1 Å². The number of alkyl halides is 3. The molecule has 0 radical (unpaired) electrons. The van der Waals surface area contributed by atoms with E-state index in [4.69, 9.17) is 0 Å². The number of carbonyl (C=O) groups excluding carboxylic acids is 2. The maximum atomic E-state index is 13.4. The maximum Gasteiger partial charge on any atom is 0.416 e. The average Bonchev–Trinajstić information content (AvgIpc) is 3.57. The number of hydrogen-bond acceptors (Lipinski definition) is 5. The molecule has 6 nitrogen and oxygen atoms in total. The zero-order valence-corrected chi connectivity index (χ0v) is 20.7. The minimum absolute atomic E-state index is 0.138. The van der Waals surface area contributed by atoms with Crippen LogP contribution in [0.15, 0.2) is 66.2 Å². The Morgan fingerprint density at radius 3 is 2.32 bits per heavy atom. The molecule has 37 heavy (non-hydrogen) atoms. The Balaban J connectivity index is 1.27. The average molecular weight is 525 g/mol. The first-order valence-electron chi connectivity index (χ1n) is 11.8. The lowest BCUT2D eigenvalue weighted by Crippen LogP contribution is -2.38. The normalized spacial score (nSPS) is 14.6. The molecule has 1 aliphatic heterocycles. The van der Waals surface area contributed by atoms with Crippen molar-refractivity contribution >= 4 is 23.2 Å². The third-order valence-electron chi connectivity index (χ3n) is 6.58. The highest BCUT2D eigenvalue weighted by atomic mass is 32.1. The molecule has 4 aromatic rings. The van der Waals surface area contributed by atoms with Gasteiger partial charge in [-0.15, -0.1) is 11.3 Å². The van der Waals surface area contributed by atoms with Crippen molar-refractivity contribution in [3.63, 3.8) is 0 Å². The van der Waals surface area contributed by atoms with Crippen LogP contribution in [-0.4, -0.2) is 44.6 Å². The molecule has 0 bridgehead atoms. The molecule has 1 amide bonds. The number of carbonyl (C=O) groups is 2. The third kappa shape index (κ3) is 5.06. The van der Waals surface area contributed by atoms with Gasteiger partial charge in [-0.1, -0.05) is 30.3 Å². The van der Waals surface area contributed by atoms with Crippen LogP contribution in [0.4, 0.5) is 13.2 Å². The van der Waals surface area contributed by atoms with Crippen molar-refractivity contribution in [2.75, 3.05) is 13.1 Å². The minimum Gasteiger partial charge on any atom is -0.339 e. The fraction of sp³-hybridized carbons (Fsp3) is 0.259. The summed E-state index contributed by atoms with van der Waals surface area (Å²) in [7, 11) is 0. The molecular formula is C27H23F3N4O2S. The first-order valence-corrected chi connectivity index (χ1v) is 12.7. The Kier molecular flexibility index (Phi) is 6.68. The van der Waals surface area contributed by atoms with Gasteiger partial charge >= 0.3 is 6.18 Å². The van der Waals surface area contributed by atoms with Gasteiger partial charge in [0.25, 0.3) is 11.8 Å². The van der Waals surface area contributed by atoms with Crippen LogP contribution >= 0.6 is 11.3 Å². The number of halogens is 3. The maximum absolute atomic E-state index is 13.4. The quantitative estimate of drug-likeness (QED) is 0.326. The Morgan fingerprint density at radius 2 is 1.68 bits per heavy atom. The molecule has 1 fully saturated rings.